The molecule has 130 valence electrons. The van der Waals surface area contributed by atoms with Crippen LogP contribution in [0.15, 0.2) is 0 Å². The lowest BCUT2D eigenvalue weighted by Crippen LogP contribution is -2.48. The standard InChI is InChI=1S/C18H34O4/c1-5-10-17(11-6-2,14-9-15(19)20)18(12-7-3,13-8-4)16(21)22/h5-14H2,1-4H3,(H,19,20)(H,21,22). The molecule has 2 N–H and O–H groups in total. The second-order valence-electron chi connectivity index (χ2n) is 6.56. The summed E-state index contributed by atoms with van der Waals surface area (Å²) in [7, 11) is 0. The Bertz CT molecular complexity index is 337. The van der Waals surface area contributed by atoms with E-state index in [0.717, 1.165) is 38.5 Å². The summed E-state index contributed by atoms with van der Waals surface area (Å²) >= 11 is 0. The summed E-state index contributed by atoms with van der Waals surface area (Å²) in [6, 6.07) is 0. The van der Waals surface area contributed by atoms with Crippen molar-refractivity contribution in [2.24, 2.45) is 10.8 Å². The molecule has 0 fully saturated rings. The average Bonchev–Trinajstić information content (AvgIpc) is 2.44. The summed E-state index contributed by atoms with van der Waals surface area (Å²) in [5.74, 6) is -1.56. The normalized spacial score (nSPS) is 12.4. The minimum atomic E-state index is -0.830. The second kappa shape index (κ2) is 9.86. The molecule has 0 aliphatic heterocycles. The van der Waals surface area contributed by atoms with E-state index in [4.69, 9.17) is 5.11 Å². The smallest absolute Gasteiger partial charge is 0.310 e. The maximum absolute atomic E-state index is 12.3. The van der Waals surface area contributed by atoms with Crippen molar-refractivity contribution in [3.63, 3.8) is 0 Å². The van der Waals surface area contributed by atoms with Crippen LogP contribution >= 0.6 is 0 Å². The summed E-state index contributed by atoms with van der Waals surface area (Å²) in [6.07, 6.45) is 6.79. The van der Waals surface area contributed by atoms with Crippen LogP contribution in [-0.2, 0) is 9.59 Å². The van der Waals surface area contributed by atoms with E-state index in [0.29, 0.717) is 19.3 Å². The third-order valence-electron chi connectivity index (χ3n) is 5.05. The first-order valence-corrected chi connectivity index (χ1v) is 8.81. The fraction of sp³-hybridized carbons (Fsp3) is 0.889. The third-order valence-corrected chi connectivity index (χ3v) is 5.05. The van der Waals surface area contributed by atoms with E-state index >= 15 is 0 Å². The summed E-state index contributed by atoms with van der Waals surface area (Å²) in [5, 5.41) is 19.2. The Labute approximate surface area is 135 Å². The molecule has 0 bridgehead atoms. The molecule has 0 atom stereocenters. The quantitative estimate of drug-likeness (QED) is 0.495. The van der Waals surface area contributed by atoms with E-state index in [-0.39, 0.29) is 6.42 Å². The Morgan fingerprint density at radius 2 is 1.14 bits per heavy atom. The van der Waals surface area contributed by atoms with Gasteiger partial charge in [-0.05, 0) is 37.5 Å². The molecule has 4 nitrogen and oxygen atoms in total. The molecule has 0 radical (unpaired) electrons. The van der Waals surface area contributed by atoms with Gasteiger partial charge in [-0.15, -0.1) is 0 Å². The zero-order valence-electron chi connectivity index (χ0n) is 14.8. The van der Waals surface area contributed by atoms with E-state index in [1.807, 2.05) is 13.8 Å². The highest BCUT2D eigenvalue weighted by molar-refractivity contribution is 5.76. The van der Waals surface area contributed by atoms with Crippen molar-refractivity contribution in [1.29, 1.82) is 0 Å². The Balaban J connectivity index is 5.95. The number of carbonyl (C=O) groups is 2. The Kier molecular flexibility index (Phi) is 9.38. The van der Waals surface area contributed by atoms with Gasteiger partial charge < -0.3 is 10.2 Å². The zero-order valence-corrected chi connectivity index (χ0v) is 14.8. The highest BCUT2D eigenvalue weighted by Crippen LogP contribution is 2.55. The molecule has 0 aromatic carbocycles. The minimum absolute atomic E-state index is 0.0580. The molecule has 0 saturated heterocycles. The number of rotatable bonds is 13. The van der Waals surface area contributed by atoms with Crippen molar-refractivity contribution in [2.75, 3.05) is 0 Å². The van der Waals surface area contributed by atoms with E-state index in [1.165, 1.54) is 0 Å². The predicted octanol–water partition coefficient (Wildman–Crippen LogP) is 5.11. The van der Waals surface area contributed by atoms with Crippen LogP contribution in [0.4, 0.5) is 0 Å². The molecule has 0 heterocycles. The summed E-state index contributed by atoms with van der Waals surface area (Å²) in [4.78, 5) is 23.4. The molecule has 0 unspecified atom stereocenters. The molecule has 22 heavy (non-hydrogen) atoms. The van der Waals surface area contributed by atoms with Crippen LogP contribution in [0.1, 0.15) is 91.9 Å². The molecule has 0 aliphatic rings. The van der Waals surface area contributed by atoms with Gasteiger partial charge in [0, 0.05) is 6.42 Å². The van der Waals surface area contributed by atoms with Crippen molar-refractivity contribution in [3.05, 3.63) is 0 Å². The monoisotopic (exact) mass is 314 g/mol. The first-order valence-electron chi connectivity index (χ1n) is 8.81. The van der Waals surface area contributed by atoms with E-state index in [1.54, 1.807) is 0 Å². The fourth-order valence-corrected chi connectivity index (χ4v) is 4.35. The minimum Gasteiger partial charge on any atom is -0.481 e. The van der Waals surface area contributed by atoms with Crippen LogP contribution in [-0.4, -0.2) is 22.2 Å². The molecule has 0 spiro atoms. The van der Waals surface area contributed by atoms with Gasteiger partial charge in [-0.1, -0.05) is 53.4 Å². The molecule has 4 heteroatoms. The largest absolute Gasteiger partial charge is 0.481 e. The summed E-state index contributed by atoms with van der Waals surface area (Å²) < 4.78 is 0. The van der Waals surface area contributed by atoms with Crippen LogP contribution in [0.3, 0.4) is 0 Å². The first kappa shape index (κ1) is 20.9. The van der Waals surface area contributed by atoms with Gasteiger partial charge in [0.2, 0.25) is 0 Å². The lowest BCUT2D eigenvalue weighted by atomic mass is 9.54. The number of aliphatic carboxylic acids is 2. The van der Waals surface area contributed by atoms with E-state index in [2.05, 4.69) is 13.8 Å². The predicted molar refractivity (Wildman–Crippen MR) is 89.0 cm³/mol. The number of hydrogen-bond acceptors (Lipinski definition) is 2. The topological polar surface area (TPSA) is 74.6 Å². The van der Waals surface area contributed by atoms with Crippen LogP contribution in [0.2, 0.25) is 0 Å². The highest BCUT2D eigenvalue weighted by atomic mass is 16.4. The number of carboxylic acid groups (broad SMARTS) is 2. The van der Waals surface area contributed by atoms with Gasteiger partial charge in [-0.2, -0.15) is 0 Å². The van der Waals surface area contributed by atoms with Crippen LogP contribution in [0.25, 0.3) is 0 Å². The van der Waals surface area contributed by atoms with Gasteiger partial charge in [-0.25, -0.2) is 0 Å². The van der Waals surface area contributed by atoms with Crippen LogP contribution in [0.5, 0.6) is 0 Å². The SMILES string of the molecule is CCCC(CCC)(CCC(=O)O)C(CCC)(CCC)C(=O)O. The molecule has 0 aromatic heterocycles. The first-order chi connectivity index (χ1) is 10.4. The number of hydrogen-bond donors (Lipinski definition) is 2. The van der Waals surface area contributed by atoms with Crippen molar-refractivity contribution in [2.45, 2.75) is 91.9 Å². The van der Waals surface area contributed by atoms with Gasteiger partial charge >= 0.3 is 11.9 Å². The van der Waals surface area contributed by atoms with Crippen LogP contribution in [0, 0.1) is 10.8 Å². The molecule has 0 aliphatic carbocycles. The molecule has 0 amide bonds. The summed E-state index contributed by atoms with van der Waals surface area (Å²) in [5.41, 5.74) is -1.20. The lowest BCUT2D eigenvalue weighted by Gasteiger charge is -2.49. The Morgan fingerprint density at radius 3 is 1.41 bits per heavy atom. The highest BCUT2D eigenvalue weighted by Gasteiger charge is 2.53. The van der Waals surface area contributed by atoms with Gasteiger partial charge in [0.15, 0.2) is 0 Å². The maximum Gasteiger partial charge on any atom is 0.310 e. The molecular formula is C18H34O4. The van der Waals surface area contributed by atoms with Crippen LogP contribution < -0.4 is 0 Å². The van der Waals surface area contributed by atoms with Gasteiger partial charge in [-0.3, -0.25) is 9.59 Å². The fourth-order valence-electron chi connectivity index (χ4n) is 4.35. The van der Waals surface area contributed by atoms with Crippen molar-refractivity contribution >= 4 is 11.9 Å². The van der Waals surface area contributed by atoms with E-state index in [9.17, 15) is 14.7 Å². The van der Waals surface area contributed by atoms with Crippen molar-refractivity contribution in [1.82, 2.24) is 0 Å². The van der Waals surface area contributed by atoms with Crippen molar-refractivity contribution in [3.8, 4) is 0 Å². The van der Waals surface area contributed by atoms with Gasteiger partial charge in [0.1, 0.15) is 0 Å². The average molecular weight is 314 g/mol. The second-order valence-corrected chi connectivity index (χ2v) is 6.56. The van der Waals surface area contributed by atoms with Crippen molar-refractivity contribution < 1.29 is 19.8 Å². The number of carboxylic acids is 2. The van der Waals surface area contributed by atoms with Gasteiger partial charge in [0.05, 0.1) is 5.41 Å². The summed E-state index contributed by atoms with van der Waals surface area (Å²) in [6.45, 7) is 8.17. The third kappa shape index (κ3) is 4.72. The molecular weight excluding hydrogens is 280 g/mol. The maximum atomic E-state index is 12.3. The Morgan fingerprint density at radius 1 is 0.727 bits per heavy atom. The zero-order chi connectivity index (χ0) is 17.2. The van der Waals surface area contributed by atoms with E-state index < -0.39 is 22.8 Å². The molecule has 0 aromatic rings. The lowest BCUT2D eigenvalue weighted by molar-refractivity contribution is -0.165. The Hall–Kier alpha value is -1.06. The van der Waals surface area contributed by atoms with Gasteiger partial charge in [0.25, 0.3) is 0 Å². The molecule has 0 saturated carbocycles. The molecule has 0 rings (SSSR count).